The van der Waals surface area contributed by atoms with Crippen LogP contribution in [0.3, 0.4) is 0 Å². The SMILES string of the molecule is CN(C)c1ccc(Nc2ccc(N=NC3=[N+](C)C=C[NH+]3CCCCCCn3cc[n+](C)c3N=Nc3ccc(Nc4ccc(N(C)C)cc4)cc3)cc2)cc1. The standard InChI is InChI=1S/C42H50N12/c1-49(2)39-23-19-35(20-24-39)43-33-11-15-37(16-12-33)45-47-41-51(5)29-31-53(41)27-9-7-8-10-28-54-32-30-52(6)42(54)48-46-38-17-13-34(14-18-38)44-36-21-25-40(26-22-36)50(3)4/h11-26,29-32H,7-10,27-28H2,1-6H3/p+3. The molecule has 4 aromatic carbocycles. The van der Waals surface area contributed by atoms with Gasteiger partial charge in [-0.25, -0.2) is 9.13 Å². The average molecular weight is 726 g/mol. The van der Waals surface area contributed by atoms with Gasteiger partial charge >= 0.3 is 11.9 Å². The predicted molar refractivity (Wildman–Crippen MR) is 220 cm³/mol. The molecule has 0 aliphatic carbocycles. The lowest BCUT2D eigenvalue weighted by molar-refractivity contribution is -0.760. The number of guanidine groups is 1. The summed E-state index contributed by atoms with van der Waals surface area (Å²) in [6, 6.07) is 32.8. The van der Waals surface area contributed by atoms with E-state index in [4.69, 9.17) is 0 Å². The maximum absolute atomic E-state index is 4.64. The molecule has 1 atom stereocenters. The Hall–Kier alpha value is -6.14. The van der Waals surface area contributed by atoms with E-state index < -0.39 is 0 Å². The Bertz CT molecular complexity index is 2070. The summed E-state index contributed by atoms with van der Waals surface area (Å²) >= 11 is 0. The number of unbranched alkanes of at least 4 members (excludes halogenated alkanes) is 3. The maximum Gasteiger partial charge on any atom is 0.524 e. The molecule has 0 saturated carbocycles. The smallest absolute Gasteiger partial charge is 0.378 e. The highest BCUT2D eigenvalue weighted by atomic mass is 15.4. The Morgan fingerprint density at radius 1 is 0.593 bits per heavy atom. The van der Waals surface area contributed by atoms with E-state index in [1.165, 1.54) is 16.3 Å². The van der Waals surface area contributed by atoms with Crippen LogP contribution >= 0.6 is 0 Å². The first kappa shape index (κ1) is 37.6. The number of benzene rings is 4. The zero-order chi connectivity index (χ0) is 37.9. The van der Waals surface area contributed by atoms with Gasteiger partial charge in [0.2, 0.25) is 0 Å². The molecule has 2 heterocycles. The highest BCUT2D eigenvalue weighted by molar-refractivity contribution is 5.68. The molecule has 5 aromatic rings. The van der Waals surface area contributed by atoms with E-state index in [1.807, 2.05) is 106 Å². The topological polar surface area (TPSA) is 96.2 Å². The van der Waals surface area contributed by atoms with Crippen LogP contribution in [-0.4, -0.2) is 56.9 Å². The third-order valence-electron chi connectivity index (χ3n) is 9.35. The molecule has 3 N–H and O–H groups in total. The van der Waals surface area contributed by atoms with Crippen LogP contribution in [0.15, 0.2) is 142 Å². The number of imidazole rings is 1. The number of rotatable bonds is 16. The van der Waals surface area contributed by atoms with Crippen molar-refractivity contribution in [1.29, 1.82) is 0 Å². The number of aryl methyl sites for hydroxylation is 2. The fourth-order valence-electron chi connectivity index (χ4n) is 6.12. The first-order valence-electron chi connectivity index (χ1n) is 18.5. The minimum Gasteiger partial charge on any atom is -0.378 e. The fourth-order valence-corrected chi connectivity index (χ4v) is 6.12. The van der Waals surface area contributed by atoms with E-state index in [1.54, 1.807) is 0 Å². The predicted octanol–water partition coefficient (Wildman–Crippen LogP) is 8.06. The van der Waals surface area contributed by atoms with Crippen LogP contribution in [-0.2, 0) is 13.6 Å². The van der Waals surface area contributed by atoms with Crippen molar-refractivity contribution >= 4 is 57.4 Å². The Kier molecular flexibility index (Phi) is 12.6. The summed E-state index contributed by atoms with van der Waals surface area (Å²) in [6.07, 6.45) is 12.8. The number of nitrogens with one attached hydrogen (secondary N) is 3. The Morgan fingerprint density at radius 2 is 1.07 bits per heavy atom. The van der Waals surface area contributed by atoms with Crippen molar-refractivity contribution in [2.45, 2.75) is 32.2 Å². The third-order valence-corrected chi connectivity index (χ3v) is 9.35. The van der Waals surface area contributed by atoms with Crippen molar-refractivity contribution in [3.63, 3.8) is 0 Å². The molecule has 1 aromatic heterocycles. The van der Waals surface area contributed by atoms with E-state index in [-0.39, 0.29) is 0 Å². The molecule has 1 unspecified atom stereocenters. The Labute approximate surface area is 319 Å². The number of quaternary nitrogens is 1. The first-order valence-corrected chi connectivity index (χ1v) is 18.5. The van der Waals surface area contributed by atoms with E-state index in [9.17, 15) is 0 Å². The molecule has 12 nitrogen and oxygen atoms in total. The summed E-state index contributed by atoms with van der Waals surface area (Å²) in [7, 11) is 12.2. The third kappa shape index (κ3) is 10.3. The van der Waals surface area contributed by atoms with Gasteiger partial charge in [0.1, 0.15) is 28.9 Å². The van der Waals surface area contributed by atoms with Gasteiger partial charge in [-0.2, -0.15) is 9.48 Å². The van der Waals surface area contributed by atoms with Gasteiger partial charge in [0.15, 0.2) is 0 Å². The van der Waals surface area contributed by atoms with Crippen LogP contribution in [0.1, 0.15) is 25.7 Å². The highest BCUT2D eigenvalue weighted by Crippen LogP contribution is 2.25. The van der Waals surface area contributed by atoms with Gasteiger partial charge in [-0.05, 0) is 121 Å². The minimum absolute atomic E-state index is 0.809. The largest absolute Gasteiger partial charge is 0.524 e. The van der Waals surface area contributed by atoms with Gasteiger partial charge < -0.3 is 20.4 Å². The normalized spacial score (nSPS) is 14.1. The molecule has 1 aliphatic heterocycles. The summed E-state index contributed by atoms with van der Waals surface area (Å²) in [5, 5.41) is 25.2. The van der Waals surface area contributed by atoms with Crippen LogP contribution in [0, 0.1) is 0 Å². The second-order valence-corrected chi connectivity index (χ2v) is 14.0. The number of hydrogen-bond acceptors (Lipinski definition) is 8. The van der Waals surface area contributed by atoms with Crippen molar-refractivity contribution in [2.24, 2.45) is 27.5 Å². The molecule has 54 heavy (non-hydrogen) atoms. The number of azo groups is 2. The van der Waals surface area contributed by atoms with Crippen LogP contribution in [0.25, 0.3) is 0 Å². The van der Waals surface area contributed by atoms with Gasteiger partial charge in [0.05, 0.1) is 39.6 Å². The van der Waals surface area contributed by atoms with E-state index in [0.717, 1.165) is 84.8 Å². The van der Waals surface area contributed by atoms with Crippen LogP contribution in [0.4, 0.5) is 51.4 Å². The highest BCUT2D eigenvalue weighted by Gasteiger charge is 2.30. The van der Waals surface area contributed by atoms with Gasteiger partial charge in [0.25, 0.3) is 0 Å². The molecule has 0 saturated heterocycles. The molecule has 0 fully saturated rings. The second kappa shape index (κ2) is 18.1. The van der Waals surface area contributed by atoms with Crippen molar-refractivity contribution in [1.82, 2.24) is 4.57 Å². The molecule has 6 rings (SSSR count). The monoisotopic (exact) mass is 725 g/mol. The van der Waals surface area contributed by atoms with Gasteiger partial charge in [-0.15, -0.1) is 0 Å². The fraction of sp³-hybridized carbons (Fsp3) is 0.286. The number of nitrogens with zero attached hydrogens (tertiary/aromatic N) is 9. The molecule has 0 radical (unpaired) electrons. The van der Waals surface area contributed by atoms with Gasteiger partial charge in [-0.1, -0.05) is 11.5 Å². The van der Waals surface area contributed by atoms with Gasteiger partial charge in [-0.3, -0.25) is 0 Å². The Balaban J connectivity index is 0.922. The molecular weight excluding hydrogens is 673 g/mol. The summed E-state index contributed by atoms with van der Waals surface area (Å²) in [5.74, 6) is 1.74. The first-order chi connectivity index (χ1) is 26.2. The van der Waals surface area contributed by atoms with Crippen molar-refractivity contribution in [3.05, 3.63) is 122 Å². The van der Waals surface area contributed by atoms with Crippen LogP contribution in [0.2, 0.25) is 0 Å². The van der Waals surface area contributed by atoms with E-state index >= 15 is 0 Å². The lowest BCUT2D eigenvalue weighted by Crippen LogP contribution is -3.09. The molecule has 0 bridgehead atoms. The van der Waals surface area contributed by atoms with E-state index in [0.29, 0.717) is 0 Å². The Morgan fingerprint density at radius 3 is 1.59 bits per heavy atom. The summed E-state index contributed by atoms with van der Waals surface area (Å²) in [4.78, 5) is 5.40. The summed E-state index contributed by atoms with van der Waals surface area (Å²) in [5.41, 5.74) is 8.07. The molecule has 278 valence electrons. The van der Waals surface area contributed by atoms with E-state index in [2.05, 4.69) is 113 Å². The number of hydrogen-bond donors (Lipinski definition) is 3. The minimum atomic E-state index is 0.809. The van der Waals surface area contributed by atoms with Crippen molar-refractivity contribution in [3.8, 4) is 0 Å². The molecule has 0 spiro atoms. The lowest BCUT2D eigenvalue weighted by Gasteiger charge is -2.13. The summed E-state index contributed by atoms with van der Waals surface area (Å²) in [6.45, 7) is 1.87. The van der Waals surface area contributed by atoms with Crippen molar-refractivity contribution < 1.29 is 14.0 Å². The van der Waals surface area contributed by atoms with Crippen LogP contribution < -0.4 is 29.9 Å². The maximum atomic E-state index is 4.64. The zero-order valence-electron chi connectivity index (χ0n) is 32.3. The number of aromatic nitrogens is 2. The van der Waals surface area contributed by atoms with Crippen LogP contribution in [0.5, 0.6) is 0 Å². The molecular formula is C42H53N12+3. The van der Waals surface area contributed by atoms with Crippen molar-refractivity contribution in [2.75, 3.05) is 62.2 Å². The molecule has 0 amide bonds. The molecule has 12 heteroatoms. The average Bonchev–Trinajstić information content (AvgIpc) is 3.72. The second-order valence-electron chi connectivity index (χ2n) is 14.0. The number of anilines is 6. The lowest BCUT2D eigenvalue weighted by atomic mass is 10.2. The quantitative estimate of drug-likeness (QED) is 0.0545. The molecule has 1 aliphatic rings. The zero-order valence-corrected chi connectivity index (χ0v) is 32.3. The van der Waals surface area contributed by atoms with Gasteiger partial charge in [0, 0.05) is 67.4 Å². The summed E-state index contributed by atoms with van der Waals surface area (Å²) < 4.78 is 6.24.